The van der Waals surface area contributed by atoms with Gasteiger partial charge in [-0.05, 0) is 39.3 Å². The summed E-state index contributed by atoms with van der Waals surface area (Å²) >= 11 is 0. The van der Waals surface area contributed by atoms with E-state index in [9.17, 15) is 9.59 Å². The molecule has 0 radical (unpaired) electrons. The lowest BCUT2D eigenvalue weighted by molar-refractivity contribution is -0.116. The first-order valence-corrected chi connectivity index (χ1v) is 8.82. The third-order valence-electron chi connectivity index (χ3n) is 4.26. The molecular weight excluding hydrogens is 332 g/mol. The van der Waals surface area contributed by atoms with Gasteiger partial charge in [-0.2, -0.15) is 5.10 Å². The van der Waals surface area contributed by atoms with E-state index in [1.165, 1.54) is 4.57 Å². The molecule has 0 bridgehead atoms. The van der Waals surface area contributed by atoms with E-state index in [2.05, 4.69) is 22.3 Å². The molecule has 138 valence electrons. The number of aryl methyl sites for hydroxylation is 2. The second kappa shape index (κ2) is 7.15. The number of carbonyl (C=O) groups excluding carboxylic acids is 1. The van der Waals surface area contributed by atoms with Gasteiger partial charge in [-0.15, -0.1) is 0 Å². The first-order valence-electron chi connectivity index (χ1n) is 8.82. The standard InChI is InChI=1S/C18H24N6O2/c1-5-9-23-16(13(4)10-20-23)21-15(25)11-22-14-7-6-8-19-17(14)24(12(2)3)18(22)26/h6-8,10,12H,5,9,11H2,1-4H3,(H,21,25). The zero-order valence-electron chi connectivity index (χ0n) is 15.6. The summed E-state index contributed by atoms with van der Waals surface area (Å²) in [7, 11) is 0. The van der Waals surface area contributed by atoms with E-state index in [1.807, 2.05) is 26.8 Å². The fourth-order valence-electron chi connectivity index (χ4n) is 3.07. The van der Waals surface area contributed by atoms with Gasteiger partial charge in [0.2, 0.25) is 5.91 Å². The third kappa shape index (κ3) is 3.14. The van der Waals surface area contributed by atoms with Crippen LogP contribution >= 0.6 is 0 Å². The maximum absolute atomic E-state index is 12.8. The Morgan fingerprint density at radius 1 is 1.35 bits per heavy atom. The highest BCUT2D eigenvalue weighted by Gasteiger charge is 2.19. The summed E-state index contributed by atoms with van der Waals surface area (Å²) in [4.78, 5) is 29.7. The maximum atomic E-state index is 12.8. The summed E-state index contributed by atoms with van der Waals surface area (Å²) in [5.74, 6) is 0.412. The molecule has 8 heteroatoms. The molecule has 0 saturated carbocycles. The predicted octanol–water partition coefficient (Wildman–Crippen LogP) is 2.33. The van der Waals surface area contributed by atoms with Gasteiger partial charge in [-0.1, -0.05) is 6.92 Å². The lowest BCUT2D eigenvalue weighted by Gasteiger charge is -2.10. The number of nitrogens with one attached hydrogen (secondary N) is 1. The van der Waals surface area contributed by atoms with Gasteiger partial charge in [0.1, 0.15) is 12.4 Å². The third-order valence-corrected chi connectivity index (χ3v) is 4.26. The first kappa shape index (κ1) is 17.9. The van der Waals surface area contributed by atoms with E-state index in [-0.39, 0.29) is 24.2 Å². The SMILES string of the molecule is CCCn1ncc(C)c1NC(=O)Cn1c(=O)n(C(C)C)c2ncccc21. The highest BCUT2D eigenvalue weighted by Crippen LogP contribution is 2.16. The molecule has 0 aliphatic rings. The Morgan fingerprint density at radius 2 is 2.12 bits per heavy atom. The molecule has 0 fully saturated rings. The van der Waals surface area contributed by atoms with Crippen molar-refractivity contribution in [3.8, 4) is 0 Å². The van der Waals surface area contributed by atoms with Crippen molar-refractivity contribution in [2.24, 2.45) is 0 Å². The highest BCUT2D eigenvalue weighted by atomic mass is 16.2. The lowest BCUT2D eigenvalue weighted by atomic mass is 10.3. The minimum Gasteiger partial charge on any atom is -0.309 e. The van der Waals surface area contributed by atoms with Crippen molar-refractivity contribution in [1.29, 1.82) is 0 Å². The molecule has 0 aromatic carbocycles. The smallest absolute Gasteiger partial charge is 0.309 e. The fourth-order valence-corrected chi connectivity index (χ4v) is 3.07. The molecule has 3 aromatic heterocycles. The Balaban J connectivity index is 1.93. The van der Waals surface area contributed by atoms with E-state index in [0.29, 0.717) is 17.0 Å². The second-order valence-electron chi connectivity index (χ2n) is 6.63. The number of carbonyl (C=O) groups is 1. The van der Waals surface area contributed by atoms with Crippen LogP contribution in [0.3, 0.4) is 0 Å². The van der Waals surface area contributed by atoms with Crippen molar-refractivity contribution in [2.45, 2.75) is 53.2 Å². The lowest BCUT2D eigenvalue weighted by Crippen LogP contribution is -2.30. The molecular formula is C18H24N6O2. The quantitative estimate of drug-likeness (QED) is 0.734. The molecule has 1 N–H and O–H groups in total. The van der Waals surface area contributed by atoms with E-state index in [0.717, 1.165) is 18.5 Å². The number of pyridine rings is 1. The van der Waals surface area contributed by atoms with E-state index in [4.69, 9.17) is 0 Å². The van der Waals surface area contributed by atoms with Gasteiger partial charge in [0.15, 0.2) is 5.65 Å². The Bertz CT molecular complexity index is 995. The van der Waals surface area contributed by atoms with Crippen LogP contribution in [0.4, 0.5) is 5.82 Å². The van der Waals surface area contributed by atoms with Crippen LogP contribution in [0, 0.1) is 6.92 Å². The maximum Gasteiger partial charge on any atom is 0.331 e. The number of hydrogen-bond donors (Lipinski definition) is 1. The molecule has 1 amide bonds. The van der Waals surface area contributed by atoms with Crippen molar-refractivity contribution >= 4 is 22.9 Å². The van der Waals surface area contributed by atoms with Crippen molar-refractivity contribution in [3.05, 3.63) is 40.6 Å². The van der Waals surface area contributed by atoms with Gasteiger partial charge in [0, 0.05) is 24.3 Å². The Morgan fingerprint density at radius 3 is 2.81 bits per heavy atom. The second-order valence-corrected chi connectivity index (χ2v) is 6.63. The summed E-state index contributed by atoms with van der Waals surface area (Å²) in [5.41, 5.74) is 1.90. The summed E-state index contributed by atoms with van der Waals surface area (Å²) in [5, 5.41) is 7.17. The van der Waals surface area contributed by atoms with Gasteiger partial charge in [-0.25, -0.2) is 14.5 Å². The molecule has 3 rings (SSSR count). The molecule has 8 nitrogen and oxygen atoms in total. The number of amides is 1. The number of hydrogen-bond acceptors (Lipinski definition) is 4. The molecule has 26 heavy (non-hydrogen) atoms. The van der Waals surface area contributed by atoms with E-state index < -0.39 is 0 Å². The van der Waals surface area contributed by atoms with Crippen LogP contribution in [0.1, 0.15) is 38.8 Å². The summed E-state index contributed by atoms with van der Waals surface area (Å²) in [6.45, 7) is 8.45. The zero-order chi connectivity index (χ0) is 18.8. The van der Waals surface area contributed by atoms with Crippen molar-refractivity contribution in [3.63, 3.8) is 0 Å². The number of anilines is 1. The van der Waals surface area contributed by atoms with Crippen LogP contribution < -0.4 is 11.0 Å². The molecule has 0 atom stereocenters. The Labute approximate surface area is 151 Å². The van der Waals surface area contributed by atoms with Gasteiger partial charge >= 0.3 is 5.69 Å². The Kier molecular flexibility index (Phi) is 4.92. The number of imidazole rings is 1. The molecule has 0 aliphatic heterocycles. The predicted molar refractivity (Wildman–Crippen MR) is 100 cm³/mol. The number of rotatable bonds is 6. The van der Waals surface area contributed by atoms with Crippen LogP contribution in [-0.2, 0) is 17.9 Å². The summed E-state index contributed by atoms with van der Waals surface area (Å²) in [6.07, 6.45) is 4.29. The van der Waals surface area contributed by atoms with Gasteiger partial charge in [0.05, 0.1) is 11.7 Å². The molecule has 0 unspecified atom stereocenters. The Hall–Kier alpha value is -2.90. The largest absolute Gasteiger partial charge is 0.331 e. The molecule has 0 aliphatic carbocycles. The molecule has 3 aromatic rings. The fraction of sp³-hybridized carbons (Fsp3) is 0.444. The topological polar surface area (TPSA) is 86.7 Å². The summed E-state index contributed by atoms with van der Waals surface area (Å²) < 4.78 is 4.84. The minimum absolute atomic E-state index is 0.0440. The van der Waals surface area contributed by atoms with Gasteiger partial charge in [-0.3, -0.25) is 13.9 Å². The molecule has 0 spiro atoms. The number of aromatic nitrogens is 5. The number of nitrogens with zero attached hydrogens (tertiary/aromatic N) is 5. The average Bonchev–Trinajstić information content (AvgIpc) is 3.07. The minimum atomic E-state index is -0.264. The van der Waals surface area contributed by atoms with Crippen LogP contribution in [0.15, 0.2) is 29.3 Å². The van der Waals surface area contributed by atoms with Crippen molar-refractivity contribution in [2.75, 3.05) is 5.32 Å². The van der Waals surface area contributed by atoms with Crippen LogP contribution in [-0.4, -0.2) is 29.8 Å². The van der Waals surface area contributed by atoms with Gasteiger partial charge < -0.3 is 5.32 Å². The van der Waals surface area contributed by atoms with E-state index in [1.54, 1.807) is 27.7 Å². The van der Waals surface area contributed by atoms with E-state index >= 15 is 0 Å². The number of fused-ring (bicyclic) bond motifs is 1. The van der Waals surface area contributed by atoms with Crippen molar-refractivity contribution in [1.82, 2.24) is 23.9 Å². The van der Waals surface area contributed by atoms with Crippen molar-refractivity contribution < 1.29 is 4.79 Å². The monoisotopic (exact) mass is 356 g/mol. The van der Waals surface area contributed by atoms with Crippen LogP contribution in [0.25, 0.3) is 11.2 Å². The highest BCUT2D eigenvalue weighted by molar-refractivity contribution is 5.91. The first-order chi connectivity index (χ1) is 12.4. The normalized spacial score (nSPS) is 11.4. The molecule has 3 heterocycles. The van der Waals surface area contributed by atoms with Crippen LogP contribution in [0.2, 0.25) is 0 Å². The average molecular weight is 356 g/mol. The van der Waals surface area contributed by atoms with Gasteiger partial charge in [0.25, 0.3) is 0 Å². The summed E-state index contributed by atoms with van der Waals surface area (Å²) in [6, 6.07) is 3.53. The molecule has 0 saturated heterocycles. The van der Waals surface area contributed by atoms with Crippen LogP contribution in [0.5, 0.6) is 0 Å². The zero-order valence-corrected chi connectivity index (χ0v) is 15.6.